The van der Waals surface area contributed by atoms with Gasteiger partial charge in [0.2, 0.25) is 0 Å². The first kappa shape index (κ1) is 8.37. The fourth-order valence-corrected chi connectivity index (χ4v) is 1.60. The van der Waals surface area contributed by atoms with E-state index in [1.165, 1.54) is 6.42 Å². The highest BCUT2D eigenvalue weighted by molar-refractivity contribution is 5.72. The minimum atomic E-state index is -0.274. The van der Waals surface area contributed by atoms with Crippen LogP contribution in [0.5, 0.6) is 0 Å². The third-order valence-electron chi connectivity index (χ3n) is 2.40. The van der Waals surface area contributed by atoms with Gasteiger partial charge in [0.15, 0.2) is 0 Å². The average Bonchev–Trinajstić information content (AvgIpc) is 1.94. The summed E-state index contributed by atoms with van der Waals surface area (Å²) in [6.45, 7) is 5.04. The summed E-state index contributed by atoms with van der Waals surface area (Å²) in [5.74, 6) is 0.610. The zero-order chi connectivity index (χ0) is 8.43. The first-order valence-electron chi connectivity index (χ1n) is 4.17. The second kappa shape index (κ2) is 3.11. The minimum Gasteiger partial charge on any atom is -0.351 e. The molecule has 1 rings (SSSR count). The van der Waals surface area contributed by atoms with Crippen molar-refractivity contribution in [2.75, 3.05) is 6.54 Å². The van der Waals surface area contributed by atoms with Crippen molar-refractivity contribution in [2.24, 2.45) is 11.7 Å². The Morgan fingerprint density at radius 1 is 1.45 bits per heavy atom. The number of nitrogens with zero attached hydrogens (tertiary/aromatic N) is 1. The van der Waals surface area contributed by atoms with Crippen molar-refractivity contribution < 1.29 is 4.79 Å². The quantitative estimate of drug-likeness (QED) is 0.562. The summed E-state index contributed by atoms with van der Waals surface area (Å²) in [6, 6.07) is 0.0627. The van der Waals surface area contributed by atoms with Crippen LogP contribution in [0, 0.1) is 5.92 Å². The molecule has 1 saturated heterocycles. The molecule has 0 aromatic heterocycles. The summed E-state index contributed by atoms with van der Waals surface area (Å²) in [6.07, 6.45) is 2.30. The lowest BCUT2D eigenvalue weighted by molar-refractivity contribution is 0.144. The number of carbonyl (C=O) groups is 1. The topological polar surface area (TPSA) is 46.3 Å². The van der Waals surface area contributed by atoms with Crippen molar-refractivity contribution in [1.29, 1.82) is 0 Å². The molecule has 1 aliphatic rings. The number of amides is 2. The largest absolute Gasteiger partial charge is 0.351 e. The maximum absolute atomic E-state index is 10.9. The third kappa shape index (κ3) is 1.85. The van der Waals surface area contributed by atoms with Gasteiger partial charge in [-0.25, -0.2) is 4.79 Å². The number of likely N-dealkylation sites (tertiary alicyclic amines) is 1. The van der Waals surface area contributed by atoms with Crippen molar-refractivity contribution in [3.05, 3.63) is 0 Å². The first-order chi connectivity index (χ1) is 5.11. The fraction of sp³-hybridized carbons (Fsp3) is 0.875. The molecule has 0 radical (unpaired) electrons. The van der Waals surface area contributed by atoms with Crippen LogP contribution < -0.4 is 5.73 Å². The van der Waals surface area contributed by atoms with Gasteiger partial charge in [-0.3, -0.25) is 0 Å². The molecule has 3 heteroatoms. The van der Waals surface area contributed by atoms with E-state index in [0.29, 0.717) is 12.0 Å². The highest BCUT2D eigenvalue weighted by Crippen LogP contribution is 2.20. The van der Waals surface area contributed by atoms with E-state index in [9.17, 15) is 4.79 Å². The van der Waals surface area contributed by atoms with Crippen molar-refractivity contribution in [1.82, 2.24) is 4.90 Å². The molecule has 11 heavy (non-hydrogen) atoms. The van der Waals surface area contributed by atoms with Crippen LogP contribution in [0.2, 0.25) is 0 Å². The molecule has 3 nitrogen and oxygen atoms in total. The van der Waals surface area contributed by atoms with E-state index in [1.807, 2.05) is 0 Å². The summed E-state index contributed by atoms with van der Waals surface area (Å²) in [5.41, 5.74) is 5.21. The zero-order valence-corrected chi connectivity index (χ0v) is 7.21. The van der Waals surface area contributed by atoms with E-state index in [0.717, 1.165) is 13.0 Å². The van der Waals surface area contributed by atoms with E-state index in [1.54, 1.807) is 4.90 Å². The Morgan fingerprint density at radius 2 is 2.09 bits per heavy atom. The molecule has 1 fully saturated rings. The van der Waals surface area contributed by atoms with Crippen LogP contribution in [0.15, 0.2) is 0 Å². The van der Waals surface area contributed by atoms with Gasteiger partial charge in [0.05, 0.1) is 0 Å². The number of hydrogen-bond acceptors (Lipinski definition) is 1. The van der Waals surface area contributed by atoms with Crippen molar-refractivity contribution in [3.8, 4) is 0 Å². The number of piperidine rings is 1. The number of rotatable bonds is 0. The minimum absolute atomic E-state index is 0.274. The Kier molecular flexibility index (Phi) is 2.37. The van der Waals surface area contributed by atoms with Gasteiger partial charge in [0.25, 0.3) is 0 Å². The van der Waals surface area contributed by atoms with E-state index in [4.69, 9.17) is 5.73 Å². The van der Waals surface area contributed by atoms with Crippen LogP contribution in [0.4, 0.5) is 4.79 Å². The van der Waals surface area contributed by atoms with Crippen molar-refractivity contribution >= 4 is 6.03 Å². The number of hydrogen-bond donors (Lipinski definition) is 1. The standard InChI is InChI=1S/C8H16N2O/c1-6-3-4-7(2)10(5-6)8(9)11/h6-7H,3-5H2,1-2H3,(H2,9,11). The molecule has 0 saturated carbocycles. The van der Waals surface area contributed by atoms with Crippen molar-refractivity contribution in [2.45, 2.75) is 32.7 Å². The fourth-order valence-electron chi connectivity index (χ4n) is 1.60. The SMILES string of the molecule is CC1CCC(C)N(C(N)=O)C1. The lowest BCUT2D eigenvalue weighted by atomic mass is 9.95. The molecule has 0 aromatic rings. The summed E-state index contributed by atoms with van der Waals surface area (Å²) in [4.78, 5) is 12.6. The molecule has 0 bridgehead atoms. The van der Waals surface area contributed by atoms with Crippen molar-refractivity contribution in [3.63, 3.8) is 0 Å². The van der Waals surface area contributed by atoms with Gasteiger partial charge in [0, 0.05) is 12.6 Å². The number of urea groups is 1. The molecule has 64 valence electrons. The summed E-state index contributed by atoms with van der Waals surface area (Å²) < 4.78 is 0. The summed E-state index contributed by atoms with van der Waals surface area (Å²) in [7, 11) is 0. The summed E-state index contributed by atoms with van der Waals surface area (Å²) >= 11 is 0. The number of primary amides is 1. The van der Waals surface area contributed by atoms with Gasteiger partial charge in [0.1, 0.15) is 0 Å². The Balaban J connectivity index is 2.54. The molecule has 0 aliphatic carbocycles. The Hall–Kier alpha value is -0.730. The van der Waals surface area contributed by atoms with E-state index >= 15 is 0 Å². The maximum Gasteiger partial charge on any atom is 0.315 e. The van der Waals surface area contributed by atoms with Crippen LogP contribution in [-0.2, 0) is 0 Å². The van der Waals surface area contributed by atoms with Gasteiger partial charge in [-0.2, -0.15) is 0 Å². The zero-order valence-electron chi connectivity index (χ0n) is 7.21. The van der Waals surface area contributed by atoms with Crippen LogP contribution >= 0.6 is 0 Å². The molecular formula is C8H16N2O. The van der Waals surface area contributed by atoms with E-state index in [-0.39, 0.29) is 6.03 Å². The van der Waals surface area contributed by atoms with Crippen LogP contribution in [-0.4, -0.2) is 23.5 Å². The van der Waals surface area contributed by atoms with Crippen LogP contribution in [0.1, 0.15) is 26.7 Å². The third-order valence-corrected chi connectivity index (χ3v) is 2.40. The normalized spacial score (nSPS) is 32.0. The van der Waals surface area contributed by atoms with Gasteiger partial charge in [-0.15, -0.1) is 0 Å². The second-order valence-corrected chi connectivity index (χ2v) is 3.52. The second-order valence-electron chi connectivity index (χ2n) is 3.52. The molecule has 2 N–H and O–H groups in total. The smallest absolute Gasteiger partial charge is 0.315 e. The van der Waals surface area contributed by atoms with Crippen LogP contribution in [0.25, 0.3) is 0 Å². The molecule has 2 unspecified atom stereocenters. The van der Waals surface area contributed by atoms with Gasteiger partial charge in [-0.1, -0.05) is 6.92 Å². The Labute approximate surface area is 67.5 Å². The highest BCUT2D eigenvalue weighted by Gasteiger charge is 2.24. The average molecular weight is 156 g/mol. The van der Waals surface area contributed by atoms with Gasteiger partial charge in [-0.05, 0) is 25.7 Å². The molecule has 1 heterocycles. The Bertz CT molecular complexity index is 158. The van der Waals surface area contributed by atoms with Crippen LogP contribution in [0.3, 0.4) is 0 Å². The van der Waals surface area contributed by atoms with Gasteiger partial charge >= 0.3 is 6.03 Å². The summed E-state index contributed by atoms with van der Waals surface area (Å²) in [5, 5.41) is 0. The lowest BCUT2D eigenvalue weighted by Crippen LogP contribution is -2.47. The number of carbonyl (C=O) groups excluding carboxylic acids is 1. The maximum atomic E-state index is 10.9. The molecular weight excluding hydrogens is 140 g/mol. The lowest BCUT2D eigenvalue weighted by Gasteiger charge is -2.35. The monoisotopic (exact) mass is 156 g/mol. The predicted octanol–water partition coefficient (Wildman–Crippen LogP) is 1.19. The molecule has 2 atom stereocenters. The molecule has 0 aromatic carbocycles. The van der Waals surface area contributed by atoms with E-state index in [2.05, 4.69) is 13.8 Å². The molecule has 0 spiro atoms. The molecule has 2 amide bonds. The van der Waals surface area contributed by atoms with E-state index < -0.39 is 0 Å². The predicted molar refractivity (Wildman–Crippen MR) is 44.1 cm³/mol. The Morgan fingerprint density at radius 3 is 2.55 bits per heavy atom. The number of nitrogens with two attached hydrogens (primary N) is 1. The van der Waals surface area contributed by atoms with Gasteiger partial charge < -0.3 is 10.6 Å². The highest BCUT2D eigenvalue weighted by atomic mass is 16.2. The first-order valence-corrected chi connectivity index (χ1v) is 4.17. The molecule has 1 aliphatic heterocycles.